The molecule has 4 aromatic rings. The lowest BCUT2D eigenvalue weighted by Crippen LogP contribution is -2.32. The fourth-order valence-electron chi connectivity index (χ4n) is 3.91. The van der Waals surface area contributed by atoms with E-state index >= 15 is 0 Å². The molecule has 0 spiro atoms. The third kappa shape index (κ3) is 3.94. The van der Waals surface area contributed by atoms with Crippen molar-refractivity contribution in [2.24, 2.45) is 4.99 Å². The number of aliphatic imine (C=N–C) groups is 1. The fourth-order valence-corrected chi connectivity index (χ4v) is 4.75. The second-order valence-corrected chi connectivity index (χ2v) is 8.94. The Morgan fingerprint density at radius 2 is 1.83 bits per heavy atom. The van der Waals surface area contributed by atoms with Gasteiger partial charge in [-0.2, -0.15) is 0 Å². The van der Waals surface area contributed by atoms with Crippen LogP contribution in [0.4, 0.5) is 0 Å². The minimum atomic E-state index is 0.387. The number of benzene rings is 2. The summed E-state index contributed by atoms with van der Waals surface area (Å²) in [6.07, 6.45) is 5.00. The number of fused-ring (bicyclic) bond motifs is 1. The van der Waals surface area contributed by atoms with Gasteiger partial charge in [-0.05, 0) is 59.5 Å². The Hall–Kier alpha value is -2.98. The smallest absolute Gasteiger partial charge is 0.0857 e. The van der Waals surface area contributed by atoms with Crippen LogP contribution >= 0.6 is 11.3 Å². The molecule has 0 saturated carbocycles. The van der Waals surface area contributed by atoms with Gasteiger partial charge in [-0.25, -0.2) is 0 Å². The van der Waals surface area contributed by atoms with Crippen LogP contribution in [0.2, 0.25) is 0 Å². The van der Waals surface area contributed by atoms with Crippen molar-refractivity contribution in [1.82, 2.24) is 9.88 Å². The summed E-state index contributed by atoms with van der Waals surface area (Å²) in [6.45, 7) is 3.87. The summed E-state index contributed by atoms with van der Waals surface area (Å²) in [6, 6.07) is 24.3. The van der Waals surface area contributed by atoms with Crippen molar-refractivity contribution in [3.8, 4) is 10.6 Å². The van der Waals surface area contributed by atoms with E-state index in [4.69, 9.17) is 4.98 Å². The molecule has 144 valence electrons. The molecule has 0 radical (unpaired) electrons. The predicted octanol–water partition coefficient (Wildman–Crippen LogP) is 5.73. The lowest BCUT2D eigenvalue weighted by molar-refractivity contribution is 0.341. The number of aromatic nitrogens is 1. The zero-order chi connectivity index (χ0) is 19.6. The zero-order valence-corrected chi connectivity index (χ0v) is 17.3. The van der Waals surface area contributed by atoms with E-state index in [0.29, 0.717) is 6.04 Å². The SMILES string of the molecule is Cc1ccc(-c2ccc(CC3CN=CN3Cc3ccc4ccccc4c3)cn2)s1. The first kappa shape index (κ1) is 18.1. The highest BCUT2D eigenvalue weighted by Crippen LogP contribution is 2.26. The Labute approximate surface area is 175 Å². The van der Waals surface area contributed by atoms with E-state index in [1.807, 2.05) is 12.5 Å². The van der Waals surface area contributed by atoms with E-state index in [1.54, 1.807) is 11.3 Å². The molecule has 0 aliphatic carbocycles. The number of nitrogens with zero attached hydrogens (tertiary/aromatic N) is 3. The summed E-state index contributed by atoms with van der Waals surface area (Å²) in [4.78, 5) is 14.2. The number of rotatable bonds is 5. The minimum Gasteiger partial charge on any atom is -0.353 e. The Balaban J connectivity index is 1.28. The van der Waals surface area contributed by atoms with E-state index in [1.165, 1.54) is 31.7 Å². The third-order valence-corrected chi connectivity index (χ3v) is 6.51. The van der Waals surface area contributed by atoms with Crippen molar-refractivity contribution in [3.05, 3.63) is 88.9 Å². The molecule has 3 heterocycles. The van der Waals surface area contributed by atoms with Gasteiger partial charge in [0.1, 0.15) is 0 Å². The van der Waals surface area contributed by atoms with Crippen LogP contribution in [-0.2, 0) is 13.0 Å². The minimum absolute atomic E-state index is 0.387. The van der Waals surface area contributed by atoms with Gasteiger partial charge >= 0.3 is 0 Å². The molecule has 1 aliphatic heterocycles. The molecule has 3 nitrogen and oxygen atoms in total. The number of hydrogen-bond donors (Lipinski definition) is 0. The molecule has 0 saturated heterocycles. The highest BCUT2D eigenvalue weighted by atomic mass is 32.1. The van der Waals surface area contributed by atoms with Crippen molar-refractivity contribution in [2.45, 2.75) is 25.9 Å². The average Bonchev–Trinajstić information content (AvgIpc) is 3.37. The van der Waals surface area contributed by atoms with Crippen molar-refractivity contribution in [1.29, 1.82) is 0 Å². The maximum Gasteiger partial charge on any atom is 0.0857 e. The largest absolute Gasteiger partial charge is 0.353 e. The second kappa shape index (κ2) is 7.80. The van der Waals surface area contributed by atoms with Crippen LogP contribution in [0.5, 0.6) is 0 Å². The van der Waals surface area contributed by atoms with Gasteiger partial charge in [-0.15, -0.1) is 11.3 Å². The van der Waals surface area contributed by atoms with Crippen molar-refractivity contribution < 1.29 is 0 Å². The van der Waals surface area contributed by atoms with E-state index in [0.717, 1.165) is 25.2 Å². The molecule has 0 fully saturated rings. The van der Waals surface area contributed by atoms with Crippen LogP contribution in [0.25, 0.3) is 21.3 Å². The molecule has 1 unspecified atom stereocenters. The van der Waals surface area contributed by atoms with Crippen molar-refractivity contribution in [3.63, 3.8) is 0 Å². The molecule has 4 heteroatoms. The van der Waals surface area contributed by atoms with Crippen molar-refractivity contribution >= 4 is 28.4 Å². The van der Waals surface area contributed by atoms with Crippen LogP contribution in [0.1, 0.15) is 16.0 Å². The topological polar surface area (TPSA) is 28.5 Å². The van der Waals surface area contributed by atoms with Gasteiger partial charge in [0.25, 0.3) is 0 Å². The normalized spacial score (nSPS) is 16.0. The van der Waals surface area contributed by atoms with Gasteiger partial charge in [-0.3, -0.25) is 9.98 Å². The van der Waals surface area contributed by atoms with Gasteiger partial charge in [0.05, 0.1) is 29.5 Å². The summed E-state index contributed by atoms with van der Waals surface area (Å²) in [5.74, 6) is 0. The molecule has 2 aromatic carbocycles. The molecule has 0 amide bonds. The molecule has 0 N–H and O–H groups in total. The summed E-state index contributed by atoms with van der Waals surface area (Å²) < 4.78 is 0. The molecule has 1 atom stereocenters. The lowest BCUT2D eigenvalue weighted by atomic mass is 10.0. The molecule has 2 aromatic heterocycles. The first-order chi connectivity index (χ1) is 14.2. The van der Waals surface area contributed by atoms with Gasteiger partial charge in [0, 0.05) is 17.6 Å². The quantitative estimate of drug-likeness (QED) is 0.430. The average molecular weight is 398 g/mol. The van der Waals surface area contributed by atoms with E-state index in [-0.39, 0.29) is 0 Å². The summed E-state index contributed by atoms with van der Waals surface area (Å²) in [5.41, 5.74) is 3.65. The molecule has 5 rings (SSSR count). The third-order valence-electron chi connectivity index (χ3n) is 5.48. The molecule has 29 heavy (non-hydrogen) atoms. The molecular formula is C25H23N3S. The van der Waals surface area contributed by atoms with Crippen LogP contribution in [0, 0.1) is 6.92 Å². The van der Waals surface area contributed by atoms with Crippen LogP contribution in [0.15, 0.2) is 77.9 Å². The van der Waals surface area contributed by atoms with E-state index < -0.39 is 0 Å². The van der Waals surface area contributed by atoms with E-state index in [9.17, 15) is 0 Å². The maximum atomic E-state index is 4.70. The fraction of sp³-hybridized carbons (Fsp3) is 0.200. The number of pyridine rings is 1. The Bertz CT molecular complexity index is 1160. The molecular weight excluding hydrogens is 374 g/mol. The van der Waals surface area contributed by atoms with Crippen LogP contribution in [-0.4, -0.2) is 28.8 Å². The number of thiophene rings is 1. The summed E-state index contributed by atoms with van der Waals surface area (Å²) in [5, 5.41) is 2.58. The number of aryl methyl sites for hydroxylation is 1. The first-order valence-electron chi connectivity index (χ1n) is 10.00. The van der Waals surface area contributed by atoms with Crippen molar-refractivity contribution in [2.75, 3.05) is 6.54 Å². The van der Waals surface area contributed by atoms with Gasteiger partial charge < -0.3 is 4.90 Å². The lowest BCUT2D eigenvalue weighted by Gasteiger charge is -2.24. The second-order valence-electron chi connectivity index (χ2n) is 7.65. The highest BCUT2D eigenvalue weighted by Gasteiger charge is 2.21. The first-order valence-corrected chi connectivity index (χ1v) is 10.8. The van der Waals surface area contributed by atoms with Crippen LogP contribution < -0.4 is 0 Å². The Kier molecular flexibility index (Phi) is 4.86. The summed E-state index contributed by atoms with van der Waals surface area (Å²) >= 11 is 1.79. The maximum absolute atomic E-state index is 4.70. The van der Waals surface area contributed by atoms with E-state index in [2.05, 4.69) is 83.5 Å². The molecule has 1 aliphatic rings. The van der Waals surface area contributed by atoms with Crippen LogP contribution in [0.3, 0.4) is 0 Å². The summed E-state index contributed by atoms with van der Waals surface area (Å²) in [7, 11) is 0. The highest BCUT2D eigenvalue weighted by molar-refractivity contribution is 7.15. The number of hydrogen-bond acceptors (Lipinski definition) is 4. The Morgan fingerprint density at radius 1 is 0.966 bits per heavy atom. The van der Waals surface area contributed by atoms with Gasteiger partial charge in [-0.1, -0.05) is 42.5 Å². The zero-order valence-electron chi connectivity index (χ0n) is 16.5. The Morgan fingerprint density at radius 3 is 2.62 bits per heavy atom. The standard InChI is InChI=1S/C25H23N3S/c1-18-6-11-25(29-18)24-10-8-19(14-27-24)13-23-15-26-17-28(23)16-20-7-9-21-4-2-3-5-22(21)12-20/h2-12,14,17,23H,13,15-16H2,1H3. The molecule has 0 bridgehead atoms. The van der Waals surface area contributed by atoms with Gasteiger partial charge in [0.15, 0.2) is 0 Å². The predicted molar refractivity (Wildman–Crippen MR) is 123 cm³/mol. The monoisotopic (exact) mass is 397 g/mol. The van der Waals surface area contributed by atoms with Gasteiger partial charge in [0.2, 0.25) is 0 Å².